The lowest BCUT2D eigenvalue weighted by Gasteiger charge is -2.24. The SMILES string of the molecule is CCCC(N)CC(=O)NC(C)(C)CO. The van der Waals surface area contributed by atoms with Crippen LogP contribution in [0, 0.1) is 0 Å². The van der Waals surface area contributed by atoms with E-state index in [1.54, 1.807) is 13.8 Å². The largest absolute Gasteiger partial charge is 0.394 e. The molecule has 0 aliphatic heterocycles. The van der Waals surface area contributed by atoms with Gasteiger partial charge in [-0.15, -0.1) is 0 Å². The number of hydrogen-bond acceptors (Lipinski definition) is 3. The number of amides is 1. The molecule has 0 rings (SSSR count). The average Bonchev–Trinajstić information content (AvgIpc) is 2.03. The molecule has 14 heavy (non-hydrogen) atoms. The second-order valence-electron chi connectivity index (χ2n) is 4.34. The number of nitrogens with one attached hydrogen (secondary N) is 1. The highest BCUT2D eigenvalue weighted by Crippen LogP contribution is 2.03. The molecule has 4 N–H and O–H groups in total. The number of aliphatic hydroxyl groups excluding tert-OH is 1. The number of hydrogen-bond donors (Lipinski definition) is 3. The maximum Gasteiger partial charge on any atom is 0.222 e. The quantitative estimate of drug-likeness (QED) is 0.583. The normalized spacial score (nSPS) is 13.8. The first-order chi connectivity index (χ1) is 6.41. The second-order valence-corrected chi connectivity index (χ2v) is 4.34. The molecule has 1 unspecified atom stereocenters. The van der Waals surface area contributed by atoms with Gasteiger partial charge in [0, 0.05) is 12.5 Å². The zero-order valence-corrected chi connectivity index (χ0v) is 9.34. The van der Waals surface area contributed by atoms with Crippen LogP contribution in [0.5, 0.6) is 0 Å². The highest BCUT2D eigenvalue weighted by Gasteiger charge is 2.19. The summed E-state index contributed by atoms with van der Waals surface area (Å²) in [6.45, 7) is 5.52. The Kier molecular flexibility index (Phi) is 5.72. The Bertz CT molecular complexity index is 181. The summed E-state index contributed by atoms with van der Waals surface area (Å²) < 4.78 is 0. The minimum Gasteiger partial charge on any atom is -0.394 e. The van der Waals surface area contributed by atoms with E-state index in [1.807, 2.05) is 6.92 Å². The summed E-state index contributed by atoms with van der Waals surface area (Å²) in [5.41, 5.74) is 5.17. The molecule has 84 valence electrons. The Morgan fingerprint density at radius 2 is 2.14 bits per heavy atom. The Morgan fingerprint density at radius 3 is 2.57 bits per heavy atom. The fraction of sp³-hybridized carbons (Fsp3) is 0.900. The van der Waals surface area contributed by atoms with E-state index in [2.05, 4.69) is 5.32 Å². The summed E-state index contributed by atoms with van der Waals surface area (Å²) in [6.07, 6.45) is 2.17. The monoisotopic (exact) mass is 202 g/mol. The fourth-order valence-corrected chi connectivity index (χ4v) is 1.18. The molecule has 1 amide bonds. The van der Waals surface area contributed by atoms with Crippen molar-refractivity contribution >= 4 is 5.91 Å². The zero-order valence-electron chi connectivity index (χ0n) is 9.34. The van der Waals surface area contributed by atoms with E-state index in [4.69, 9.17) is 10.8 Å². The summed E-state index contributed by atoms with van der Waals surface area (Å²) in [5.74, 6) is -0.0926. The fourth-order valence-electron chi connectivity index (χ4n) is 1.18. The van der Waals surface area contributed by atoms with Gasteiger partial charge < -0.3 is 16.2 Å². The molecule has 0 heterocycles. The maximum absolute atomic E-state index is 11.4. The summed E-state index contributed by atoms with van der Waals surface area (Å²) in [4.78, 5) is 11.4. The van der Waals surface area contributed by atoms with Crippen LogP contribution in [0.4, 0.5) is 0 Å². The van der Waals surface area contributed by atoms with E-state index in [1.165, 1.54) is 0 Å². The lowest BCUT2D eigenvalue weighted by atomic mass is 10.1. The van der Waals surface area contributed by atoms with Crippen LogP contribution in [0.2, 0.25) is 0 Å². The number of rotatable bonds is 6. The van der Waals surface area contributed by atoms with Crippen molar-refractivity contribution in [1.29, 1.82) is 0 Å². The van der Waals surface area contributed by atoms with E-state index < -0.39 is 5.54 Å². The first-order valence-electron chi connectivity index (χ1n) is 5.08. The van der Waals surface area contributed by atoms with Crippen molar-refractivity contribution in [2.45, 2.75) is 51.6 Å². The van der Waals surface area contributed by atoms with Crippen molar-refractivity contribution < 1.29 is 9.90 Å². The van der Waals surface area contributed by atoms with Crippen LogP contribution in [-0.2, 0) is 4.79 Å². The predicted octanol–water partition coefficient (Wildman–Crippen LogP) is 0.391. The molecule has 0 saturated heterocycles. The molecular weight excluding hydrogens is 180 g/mol. The number of aliphatic hydroxyl groups is 1. The van der Waals surface area contributed by atoms with Crippen molar-refractivity contribution in [3.63, 3.8) is 0 Å². The Hall–Kier alpha value is -0.610. The third-order valence-electron chi connectivity index (χ3n) is 1.98. The second kappa shape index (κ2) is 5.98. The molecule has 0 spiro atoms. The molecule has 0 saturated carbocycles. The van der Waals surface area contributed by atoms with Crippen molar-refractivity contribution in [2.75, 3.05) is 6.61 Å². The van der Waals surface area contributed by atoms with E-state index in [0.717, 1.165) is 12.8 Å². The lowest BCUT2D eigenvalue weighted by Crippen LogP contribution is -2.47. The van der Waals surface area contributed by atoms with Gasteiger partial charge in [-0.05, 0) is 20.3 Å². The number of nitrogens with two attached hydrogens (primary N) is 1. The van der Waals surface area contributed by atoms with E-state index in [-0.39, 0.29) is 18.6 Å². The molecule has 4 nitrogen and oxygen atoms in total. The molecule has 0 bridgehead atoms. The molecule has 0 aromatic carbocycles. The van der Waals surface area contributed by atoms with Gasteiger partial charge in [-0.2, -0.15) is 0 Å². The zero-order chi connectivity index (χ0) is 11.2. The predicted molar refractivity (Wildman–Crippen MR) is 56.8 cm³/mol. The minimum atomic E-state index is -0.553. The van der Waals surface area contributed by atoms with Gasteiger partial charge in [-0.3, -0.25) is 4.79 Å². The smallest absolute Gasteiger partial charge is 0.222 e. The molecule has 0 aliphatic rings. The van der Waals surface area contributed by atoms with Gasteiger partial charge >= 0.3 is 0 Å². The van der Waals surface area contributed by atoms with Gasteiger partial charge in [0.1, 0.15) is 0 Å². The standard InChI is InChI=1S/C10H22N2O2/c1-4-5-8(11)6-9(14)12-10(2,3)7-13/h8,13H,4-7,11H2,1-3H3,(H,12,14). The summed E-state index contributed by atoms with van der Waals surface area (Å²) in [5, 5.41) is 11.7. The van der Waals surface area contributed by atoms with Crippen LogP contribution in [0.3, 0.4) is 0 Å². The van der Waals surface area contributed by atoms with Gasteiger partial charge in [0.2, 0.25) is 5.91 Å². The van der Waals surface area contributed by atoms with Gasteiger partial charge in [0.05, 0.1) is 12.1 Å². The summed E-state index contributed by atoms with van der Waals surface area (Å²) in [6, 6.07) is -0.0745. The molecule has 0 aliphatic carbocycles. The Labute approximate surface area is 85.9 Å². The molecule has 0 fully saturated rings. The van der Waals surface area contributed by atoms with Crippen molar-refractivity contribution in [2.24, 2.45) is 5.73 Å². The molecule has 0 radical (unpaired) electrons. The Balaban J connectivity index is 3.86. The minimum absolute atomic E-state index is 0.0677. The number of carbonyl (C=O) groups excluding carboxylic acids is 1. The van der Waals surface area contributed by atoms with Crippen LogP contribution in [0.15, 0.2) is 0 Å². The van der Waals surface area contributed by atoms with Gasteiger partial charge in [-0.1, -0.05) is 13.3 Å². The highest BCUT2D eigenvalue weighted by atomic mass is 16.3. The summed E-state index contributed by atoms with van der Waals surface area (Å²) in [7, 11) is 0. The van der Waals surface area contributed by atoms with E-state index in [9.17, 15) is 4.79 Å². The first-order valence-corrected chi connectivity index (χ1v) is 5.08. The topological polar surface area (TPSA) is 75.4 Å². The third-order valence-corrected chi connectivity index (χ3v) is 1.98. The maximum atomic E-state index is 11.4. The number of carbonyl (C=O) groups is 1. The third kappa shape index (κ3) is 5.94. The molecule has 1 atom stereocenters. The van der Waals surface area contributed by atoms with Crippen LogP contribution < -0.4 is 11.1 Å². The molecular formula is C10H22N2O2. The van der Waals surface area contributed by atoms with Crippen molar-refractivity contribution in [1.82, 2.24) is 5.32 Å². The molecule has 4 heteroatoms. The van der Waals surface area contributed by atoms with E-state index >= 15 is 0 Å². The van der Waals surface area contributed by atoms with Crippen LogP contribution in [0.1, 0.15) is 40.0 Å². The van der Waals surface area contributed by atoms with Gasteiger partial charge in [-0.25, -0.2) is 0 Å². The molecule has 0 aromatic rings. The average molecular weight is 202 g/mol. The highest BCUT2D eigenvalue weighted by molar-refractivity contribution is 5.77. The van der Waals surface area contributed by atoms with Crippen molar-refractivity contribution in [3.8, 4) is 0 Å². The summed E-state index contributed by atoms with van der Waals surface area (Å²) >= 11 is 0. The van der Waals surface area contributed by atoms with Crippen molar-refractivity contribution in [3.05, 3.63) is 0 Å². The van der Waals surface area contributed by atoms with Gasteiger partial charge in [0.25, 0.3) is 0 Å². The first kappa shape index (κ1) is 13.4. The van der Waals surface area contributed by atoms with Crippen LogP contribution in [0.25, 0.3) is 0 Å². The van der Waals surface area contributed by atoms with E-state index in [0.29, 0.717) is 6.42 Å². The Morgan fingerprint density at radius 1 is 1.57 bits per heavy atom. The molecule has 0 aromatic heterocycles. The van der Waals surface area contributed by atoms with Gasteiger partial charge in [0.15, 0.2) is 0 Å². The lowest BCUT2D eigenvalue weighted by molar-refractivity contribution is -0.123. The van der Waals surface area contributed by atoms with Crippen LogP contribution in [-0.4, -0.2) is 29.2 Å². The van der Waals surface area contributed by atoms with Crippen LogP contribution >= 0.6 is 0 Å².